The fourth-order valence-electron chi connectivity index (χ4n) is 4.82. The molecule has 1 spiro atoms. The third-order valence-electron chi connectivity index (χ3n) is 6.58. The molecule has 3 rings (SSSR count). The highest BCUT2D eigenvalue weighted by atomic mass is 16.5. The predicted octanol–water partition coefficient (Wildman–Crippen LogP) is 2.37. The van der Waals surface area contributed by atoms with Crippen molar-refractivity contribution in [3.05, 3.63) is 35.4 Å². The number of hydrogen-bond donors (Lipinski definition) is 0. The van der Waals surface area contributed by atoms with Gasteiger partial charge in [-0.05, 0) is 36.3 Å². The van der Waals surface area contributed by atoms with Crippen molar-refractivity contribution in [2.75, 3.05) is 60.2 Å². The van der Waals surface area contributed by atoms with Crippen molar-refractivity contribution in [2.24, 2.45) is 11.3 Å². The van der Waals surface area contributed by atoms with E-state index in [1.165, 1.54) is 5.56 Å². The summed E-state index contributed by atoms with van der Waals surface area (Å²) in [5.41, 5.74) is 2.62. The van der Waals surface area contributed by atoms with Gasteiger partial charge in [0.25, 0.3) is 0 Å². The van der Waals surface area contributed by atoms with Crippen LogP contribution in [0, 0.1) is 18.3 Å². The second-order valence-electron chi connectivity index (χ2n) is 8.23. The van der Waals surface area contributed by atoms with Gasteiger partial charge in [-0.25, -0.2) is 0 Å². The minimum Gasteiger partial charge on any atom is -0.384 e. The lowest BCUT2D eigenvalue weighted by Crippen LogP contribution is -2.47. The normalized spacial score (nSPS) is 22.5. The largest absolute Gasteiger partial charge is 0.384 e. The fraction of sp³-hybridized carbons (Fsp3) is 0.682. The number of rotatable bonds is 7. The van der Waals surface area contributed by atoms with E-state index < -0.39 is 0 Å². The van der Waals surface area contributed by atoms with Gasteiger partial charge in [-0.15, -0.1) is 0 Å². The van der Waals surface area contributed by atoms with E-state index in [1.54, 1.807) is 14.2 Å². The minimum absolute atomic E-state index is 0.261. The summed E-state index contributed by atoms with van der Waals surface area (Å²) in [4.78, 5) is 17.4. The van der Waals surface area contributed by atoms with Gasteiger partial charge >= 0.3 is 0 Å². The Kier molecular flexibility index (Phi) is 6.90. The molecular formula is C22H34N2O3. The molecule has 2 heterocycles. The Morgan fingerprint density at radius 1 is 1.19 bits per heavy atom. The van der Waals surface area contributed by atoms with Crippen LogP contribution in [0.4, 0.5) is 0 Å². The number of carbonyl (C=O) groups is 1. The van der Waals surface area contributed by atoms with Crippen LogP contribution in [0.25, 0.3) is 0 Å². The fourth-order valence-corrected chi connectivity index (χ4v) is 4.82. The van der Waals surface area contributed by atoms with E-state index in [1.807, 2.05) is 12.1 Å². The van der Waals surface area contributed by atoms with E-state index in [4.69, 9.17) is 9.47 Å². The maximum Gasteiger partial charge on any atom is 0.226 e. The monoisotopic (exact) mass is 374 g/mol. The molecule has 5 nitrogen and oxygen atoms in total. The van der Waals surface area contributed by atoms with E-state index in [2.05, 4.69) is 28.9 Å². The molecule has 2 fully saturated rings. The Morgan fingerprint density at radius 2 is 1.93 bits per heavy atom. The Morgan fingerprint density at radius 3 is 2.59 bits per heavy atom. The van der Waals surface area contributed by atoms with E-state index >= 15 is 0 Å². The minimum atomic E-state index is 0.261. The van der Waals surface area contributed by atoms with Crippen LogP contribution >= 0.6 is 0 Å². The van der Waals surface area contributed by atoms with Crippen molar-refractivity contribution in [1.29, 1.82) is 0 Å². The lowest BCUT2D eigenvalue weighted by atomic mass is 9.71. The van der Waals surface area contributed by atoms with Crippen molar-refractivity contribution in [2.45, 2.75) is 26.2 Å². The summed E-state index contributed by atoms with van der Waals surface area (Å²) in [5, 5.41) is 0. The molecule has 1 aromatic rings. The van der Waals surface area contributed by atoms with E-state index in [9.17, 15) is 4.79 Å². The van der Waals surface area contributed by atoms with Gasteiger partial charge < -0.3 is 19.3 Å². The van der Waals surface area contributed by atoms with Gasteiger partial charge in [0.05, 0.1) is 19.6 Å². The molecule has 1 atom stereocenters. The second kappa shape index (κ2) is 9.18. The molecule has 0 aliphatic carbocycles. The summed E-state index contributed by atoms with van der Waals surface area (Å²) in [5.74, 6) is 0.810. The molecule has 1 unspecified atom stereocenters. The molecule has 0 N–H and O–H groups in total. The molecular weight excluding hydrogens is 340 g/mol. The van der Waals surface area contributed by atoms with Gasteiger partial charge in [0.15, 0.2) is 0 Å². The average Bonchev–Trinajstić information content (AvgIpc) is 2.99. The van der Waals surface area contributed by atoms with E-state index in [0.717, 1.165) is 64.3 Å². The highest BCUT2D eigenvalue weighted by Gasteiger charge is 2.48. The zero-order valence-corrected chi connectivity index (χ0v) is 17.1. The summed E-state index contributed by atoms with van der Waals surface area (Å²) in [7, 11) is 3.56. The van der Waals surface area contributed by atoms with E-state index in [0.29, 0.717) is 12.3 Å². The lowest BCUT2D eigenvalue weighted by molar-refractivity contribution is -0.133. The summed E-state index contributed by atoms with van der Waals surface area (Å²) in [6, 6.07) is 8.19. The first-order chi connectivity index (χ1) is 13.1. The van der Waals surface area contributed by atoms with Gasteiger partial charge in [-0.1, -0.05) is 24.3 Å². The number of methoxy groups -OCH3 is 2. The zero-order chi connectivity index (χ0) is 19.3. The quantitative estimate of drug-likeness (QED) is 0.735. The molecule has 150 valence electrons. The number of aryl methyl sites for hydroxylation is 1. The number of benzene rings is 1. The lowest BCUT2D eigenvalue weighted by Gasteiger charge is -2.42. The zero-order valence-electron chi connectivity index (χ0n) is 17.1. The SMILES string of the molecule is COCCN1CC(COC)C2(CCN(C(=O)Cc3ccccc3C)CC2)C1. The number of nitrogens with zero attached hydrogens (tertiary/aromatic N) is 2. The Bertz CT molecular complexity index is 626. The van der Waals surface area contributed by atoms with Crippen LogP contribution in [0.3, 0.4) is 0 Å². The number of piperidine rings is 1. The molecule has 0 radical (unpaired) electrons. The Hall–Kier alpha value is -1.43. The average molecular weight is 375 g/mol. The maximum atomic E-state index is 12.8. The van der Waals surface area contributed by atoms with Gasteiger partial charge in [-0.2, -0.15) is 0 Å². The number of amides is 1. The van der Waals surface area contributed by atoms with Crippen molar-refractivity contribution in [3.8, 4) is 0 Å². The molecule has 0 bridgehead atoms. The summed E-state index contributed by atoms with van der Waals surface area (Å²) in [6.07, 6.45) is 2.66. The molecule has 1 aromatic carbocycles. The van der Waals surface area contributed by atoms with Crippen LogP contribution in [0.5, 0.6) is 0 Å². The standard InChI is InChI=1S/C22H34N2O3/c1-18-6-4-5-7-19(18)14-21(25)24-10-8-22(9-11-24)17-23(12-13-26-2)15-20(22)16-27-3/h4-7,20H,8-17H2,1-3H3. The summed E-state index contributed by atoms with van der Waals surface area (Å²) in [6.45, 7) is 8.55. The van der Waals surface area contributed by atoms with Gasteiger partial charge in [0, 0.05) is 52.9 Å². The van der Waals surface area contributed by atoms with Crippen molar-refractivity contribution in [1.82, 2.24) is 9.80 Å². The van der Waals surface area contributed by atoms with Crippen LogP contribution in [-0.4, -0.2) is 75.9 Å². The molecule has 5 heteroatoms. The van der Waals surface area contributed by atoms with Crippen LogP contribution in [0.2, 0.25) is 0 Å². The molecule has 0 saturated carbocycles. The van der Waals surface area contributed by atoms with Crippen molar-refractivity contribution in [3.63, 3.8) is 0 Å². The molecule has 0 aromatic heterocycles. The van der Waals surface area contributed by atoms with Crippen LogP contribution in [-0.2, 0) is 20.7 Å². The Balaban J connectivity index is 1.59. The number of carbonyl (C=O) groups excluding carboxylic acids is 1. The topological polar surface area (TPSA) is 42.0 Å². The summed E-state index contributed by atoms with van der Waals surface area (Å²) >= 11 is 0. The molecule has 1 amide bonds. The first kappa shape index (κ1) is 20.3. The van der Waals surface area contributed by atoms with Gasteiger partial charge in [-0.3, -0.25) is 4.79 Å². The van der Waals surface area contributed by atoms with Crippen LogP contribution < -0.4 is 0 Å². The number of likely N-dealkylation sites (tertiary alicyclic amines) is 2. The summed E-state index contributed by atoms with van der Waals surface area (Å²) < 4.78 is 10.8. The Labute approximate surface area is 163 Å². The molecule has 27 heavy (non-hydrogen) atoms. The highest BCUT2D eigenvalue weighted by molar-refractivity contribution is 5.79. The van der Waals surface area contributed by atoms with Crippen LogP contribution in [0.1, 0.15) is 24.0 Å². The van der Waals surface area contributed by atoms with Crippen LogP contribution in [0.15, 0.2) is 24.3 Å². The predicted molar refractivity (Wildman–Crippen MR) is 107 cm³/mol. The maximum absolute atomic E-state index is 12.8. The number of hydrogen-bond acceptors (Lipinski definition) is 4. The van der Waals surface area contributed by atoms with Crippen molar-refractivity contribution >= 4 is 5.91 Å². The first-order valence-corrected chi connectivity index (χ1v) is 10.1. The third kappa shape index (κ3) is 4.71. The molecule has 2 saturated heterocycles. The second-order valence-corrected chi connectivity index (χ2v) is 8.23. The molecule has 2 aliphatic rings. The first-order valence-electron chi connectivity index (χ1n) is 10.1. The number of ether oxygens (including phenoxy) is 2. The van der Waals surface area contributed by atoms with Crippen molar-refractivity contribution < 1.29 is 14.3 Å². The van der Waals surface area contributed by atoms with E-state index in [-0.39, 0.29) is 11.3 Å². The van der Waals surface area contributed by atoms with Gasteiger partial charge in [0.1, 0.15) is 0 Å². The third-order valence-corrected chi connectivity index (χ3v) is 6.58. The smallest absolute Gasteiger partial charge is 0.226 e. The van der Waals surface area contributed by atoms with Gasteiger partial charge in [0.2, 0.25) is 5.91 Å². The highest BCUT2D eigenvalue weighted by Crippen LogP contribution is 2.44. The molecule has 2 aliphatic heterocycles.